The highest BCUT2D eigenvalue weighted by Crippen LogP contribution is 2.34. The third-order valence-corrected chi connectivity index (χ3v) is 2.86. The zero-order valence-electron chi connectivity index (χ0n) is 10.1. The van der Waals surface area contributed by atoms with Crippen molar-refractivity contribution in [1.82, 2.24) is 0 Å². The molecule has 0 radical (unpaired) electrons. The van der Waals surface area contributed by atoms with Crippen LogP contribution in [-0.4, -0.2) is 24.8 Å². The number of hydrogen-bond donors (Lipinski definition) is 0. The number of amides is 1. The van der Waals surface area contributed by atoms with Crippen molar-refractivity contribution in [3.8, 4) is 11.8 Å². The number of nitriles is 1. The number of fused-ring (bicyclic) bond motifs is 1. The largest absolute Gasteiger partial charge is 0.479 e. The molecule has 5 nitrogen and oxygen atoms in total. The summed E-state index contributed by atoms with van der Waals surface area (Å²) < 4.78 is 5.44. The average molecular weight is 244 g/mol. The Bertz CT molecular complexity index is 560. The molecule has 1 amide bonds. The van der Waals surface area contributed by atoms with Crippen LogP contribution in [0.5, 0.6) is 5.75 Å². The van der Waals surface area contributed by atoms with Gasteiger partial charge in [-0.3, -0.25) is 9.59 Å². The van der Waals surface area contributed by atoms with Gasteiger partial charge in [0.15, 0.2) is 11.9 Å². The molecule has 18 heavy (non-hydrogen) atoms. The van der Waals surface area contributed by atoms with Gasteiger partial charge in [-0.2, -0.15) is 5.26 Å². The van der Waals surface area contributed by atoms with E-state index in [0.717, 1.165) is 0 Å². The second-order valence-corrected chi connectivity index (χ2v) is 4.10. The summed E-state index contributed by atoms with van der Waals surface area (Å²) in [5.74, 6) is 0.144. The number of Topliss-reactive ketones (excluding diaryl/α,β-unsaturated/α-hetero) is 1. The Labute approximate surface area is 105 Å². The predicted molar refractivity (Wildman–Crippen MR) is 64.5 cm³/mol. The summed E-state index contributed by atoms with van der Waals surface area (Å²) >= 11 is 0. The number of anilines is 1. The minimum atomic E-state index is -0.525. The maximum absolute atomic E-state index is 11.8. The fourth-order valence-electron chi connectivity index (χ4n) is 1.86. The zero-order valence-corrected chi connectivity index (χ0v) is 10.1. The lowest BCUT2D eigenvalue weighted by atomic mass is 10.1. The Balaban J connectivity index is 2.41. The van der Waals surface area contributed by atoms with Gasteiger partial charge in [0, 0.05) is 12.6 Å². The maximum Gasteiger partial charge on any atom is 0.267 e. The number of ether oxygens (including phenoxy) is 1. The Kier molecular flexibility index (Phi) is 3.02. The molecule has 0 fully saturated rings. The molecule has 2 rings (SSSR count). The van der Waals surface area contributed by atoms with E-state index in [1.807, 2.05) is 6.07 Å². The summed E-state index contributed by atoms with van der Waals surface area (Å²) in [5.41, 5.74) is 0.968. The molecular weight excluding hydrogens is 232 g/mol. The molecule has 5 heteroatoms. The van der Waals surface area contributed by atoms with Gasteiger partial charge in [0.2, 0.25) is 0 Å². The van der Waals surface area contributed by atoms with E-state index in [9.17, 15) is 9.59 Å². The number of ketones is 1. The van der Waals surface area contributed by atoms with Crippen LogP contribution in [0.3, 0.4) is 0 Å². The average Bonchev–Trinajstić information content (AvgIpc) is 2.36. The molecule has 1 heterocycles. The van der Waals surface area contributed by atoms with Gasteiger partial charge in [-0.1, -0.05) is 0 Å². The van der Waals surface area contributed by atoms with Gasteiger partial charge in [-0.25, -0.2) is 0 Å². The van der Waals surface area contributed by atoms with Crippen LogP contribution in [-0.2, 0) is 4.79 Å². The van der Waals surface area contributed by atoms with Crippen molar-refractivity contribution in [2.75, 3.05) is 11.9 Å². The fraction of sp³-hybridized carbons (Fsp3) is 0.308. The van der Waals surface area contributed by atoms with Gasteiger partial charge in [0.25, 0.3) is 5.91 Å². The van der Waals surface area contributed by atoms with Gasteiger partial charge < -0.3 is 9.64 Å². The van der Waals surface area contributed by atoms with Crippen LogP contribution in [0.25, 0.3) is 0 Å². The molecule has 1 aromatic rings. The topological polar surface area (TPSA) is 70.4 Å². The second kappa shape index (κ2) is 4.49. The van der Waals surface area contributed by atoms with E-state index in [1.54, 1.807) is 32.2 Å². The van der Waals surface area contributed by atoms with E-state index in [0.29, 0.717) is 17.0 Å². The first kappa shape index (κ1) is 12.1. The molecule has 1 aliphatic heterocycles. The smallest absolute Gasteiger partial charge is 0.267 e. The van der Waals surface area contributed by atoms with Gasteiger partial charge in [-0.15, -0.1) is 0 Å². The second-order valence-electron chi connectivity index (χ2n) is 4.10. The van der Waals surface area contributed by atoms with Crippen molar-refractivity contribution >= 4 is 17.4 Å². The first-order valence-corrected chi connectivity index (χ1v) is 5.53. The Hall–Kier alpha value is -2.35. The first-order valence-electron chi connectivity index (χ1n) is 5.53. The quantitative estimate of drug-likeness (QED) is 0.739. The van der Waals surface area contributed by atoms with Gasteiger partial charge in [0.1, 0.15) is 5.75 Å². The van der Waals surface area contributed by atoms with Gasteiger partial charge >= 0.3 is 0 Å². The molecule has 1 aromatic carbocycles. The number of benzene rings is 1. The molecule has 0 spiro atoms. The molecular formula is C13H12N2O3. The summed E-state index contributed by atoms with van der Waals surface area (Å²) in [5, 5.41) is 8.51. The minimum absolute atomic E-state index is 0.160. The number of nitrogens with zero attached hydrogens (tertiary/aromatic N) is 2. The summed E-state index contributed by atoms with van der Waals surface area (Å²) in [6.07, 6.45) is -0.698. The van der Waals surface area contributed by atoms with Gasteiger partial charge in [-0.05, 0) is 25.1 Å². The Morgan fingerprint density at radius 3 is 2.94 bits per heavy atom. The van der Waals surface area contributed by atoms with Crippen molar-refractivity contribution < 1.29 is 14.3 Å². The van der Waals surface area contributed by atoms with Crippen molar-refractivity contribution in [2.45, 2.75) is 19.4 Å². The summed E-state index contributed by atoms with van der Waals surface area (Å²) in [4.78, 5) is 24.8. The van der Waals surface area contributed by atoms with Crippen LogP contribution >= 0.6 is 0 Å². The van der Waals surface area contributed by atoms with E-state index in [-0.39, 0.29) is 18.1 Å². The summed E-state index contributed by atoms with van der Waals surface area (Å²) in [7, 11) is 1.64. The Morgan fingerprint density at radius 1 is 1.56 bits per heavy atom. The lowest BCUT2D eigenvalue weighted by Crippen LogP contribution is -2.42. The third kappa shape index (κ3) is 1.93. The van der Waals surface area contributed by atoms with Crippen LogP contribution < -0.4 is 9.64 Å². The number of hydrogen-bond acceptors (Lipinski definition) is 4. The highest BCUT2D eigenvalue weighted by Gasteiger charge is 2.29. The third-order valence-electron chi connectivity index (χ3n) is 2.86. The van der Waals surface area contributed by atoms with Crippen molar-refractivity contribution in [3.05, 3.63) is 23.8 Å². The highest BCUT2D eigenvalue weighted by molar-refractivity contribution is 6.03. The molecule has 0 aliphatic carbocycles. The lowest BCUT2D eigenvalue weighted by Gasteiger charge is -2.30. The van der Waals surface area contributed by atoms with Crippen LogP contribution in [0.15, 0.2) is 18.2 Å². The molecule has 0 bridgehead atoms. The number of likely N-dealkylation sites (N-methyl/N-ethyl adjacent to an activating group) is 1. The molecule has 0 saturated carbocycles. The van der Waals surface area contributed by atoms with Crippen molar-refractivity contribution in [1.29, 1.82) is 5.26 Å². The van der Waals surface area contributed by atoms with E-state index in [4.69, 9.17) is 10.00 Å². The SMILES string of the molecule is CC1Oc2ccc(C(=O)CC#N)cc2N(C)C1=O. The van der Waals surface area contributed by atoms with Crippen LogP contribution in [0.4, 0.5) is 5.69 Å². The first-order chi connectivity index (χ1) is 8.54. The molecule has 92 valence electrons. The van der Waals surface area contributed by atoms with E-state index in [1.165, 1.54) is 4.90 Å². The van der Waals surface area contributed by atoms with Crippen LogP contribution in [0, 0.1) is 11.3 Å². The monoisotopic (exact) mass is 244 g/mol. The summed E-state index contributed by atoms with van der Waals surface area (Å²) in [6, 6.07) is 6.65. The molecule has 0 N–H and O–H groups in total. The molecule has 1 aliphatic rings. The molecule has 0 aromatic heterocycles. The molecule has 1 atom stereocenters. The van der Waals surface area contributed by atoms with E-state index >= 15 is 0 Å². The number of carbonyl (C=O) groups excluding carboxylic acids is 2. The van der Waals surface area contributed by atoms with Gasteiger partial charge in [0.05, 0.1) is 18.2 Å². The summed E-state index contributed by atoms with van der Waals surface area (Å²) in [6.45, 7) is 1.68. The van der Waals surface area contributed by atoms with E-state index in [2.05, 4.69) is 0 Å². The fourth-order valence-corrected chi connectivity index (χ4v) is 1.86. The van der Waals surface area contributed by atoms with Crippen molar-refractivity contribution in [2.24, 2.45) is 0 Å². The Morgan fingerprint density at radius 2 is 2.28 bits per heavy atom. The van der Waals surface area contributed by atoms with Crippen LogP contribution in [0.2, 0.25) is 0 Å². The maximum atomic E-state index is 11.8. The minimum Gasteiger partial charge on any atom is -0.479 e. The molecule has 0 saturated heterocycles. The highest BCUT2D eigenvalue weighted by atomic mass is 16.5. The normalized spacial score (nSPS) is 17.7. The lowest BCUT2D eigenvalue weighted by molar-refractivity contribution is -0.125. The van der Waals surface area contributed by atoms with E-state index < -0.39 is 6.10 Å². The molecule has 1 unspecified atom stereocenters. The standard InChI is InChI=1S/C13H12N2O3/c1-8-13(17)15(2)10-7-9(11(16)5-6-14)3-4-12(10)18-8/h3-4,7-8H,5H2,1-2H3. The number of carbonyl (C=O) groups is 2. The predicted octanol–water partition coefficient (Wildman–Crippen LogP) is 1.53. The van der Waals surface area contributed by atoms with Crippen molar-refractivity contribution in [3.63, 3.8) is 0 Å². The zero-order chi connectivity index (χ0) is 13.3. The van der Waals surface area contributed by atoms with Crippen LogP contribution in [0.1, 0.15) is 23.7 Å². The number of rotatable bonds is 2.